The van der Waals surface area contributed by atoms with Crippen molar-refractivity contribution in [2.24, 2.45) is 0 Å². The van der Waals surface area contributed by atoms with Gasteiger partial charge in [0.15, 0.2) is 0 Å². The van der Waals surface area contributed by atoms with E-state index in [-0.39, 0.29) is 30.7 Å². The van der Waals surface area contributed by atoms with E-state index in [0.717, 1.165) is 5.56 Å². The van der Waals surface area contributed by atoms with Crippen LogP contribution in [-0.4, -0.2) is 53.7 Å². The molecule has 1 atom stereocenters. The quantitative estimate of drug-likeness (QED) is 0.287. The molecule has 0 heterocycles. The highest BCUT2D eigenvalue weighted by atomic mass is 32.2. The monoisotopic (exact) mass is 439 g/mol. The smallest absolute Gasteiger partial charge is 0.408 e. The Morgan fingerprint density at radius 1 is 1.07 bits per heavy atom. The summed E-state index contributed by atoms with van der Waals surface area (Å²) in [5, 5.41) is 7.52. The van der Waals surface area contributed by atoms with E-state index in [0.29, 0.717) is 0 Å². The van der Waals surface area contributed by atoms with E-state index >= 15 is 0 Å². The highest BCUT2D eigenvalue weighted by Crippen LogP contribution is 2.08. The molecule has 9 nitrogen and oxygen atoms in total. The molecule has 0 fully saturated rings. The van der Waals surface area contributed by atoms with Gasteiger partial charge in [-0.3, -0.25) is 14.4 Å². The van der Waals surface area contributed by atoms with Crippen LogP contribution in [0.1, 0.15) is 33.3 Å². The topological polar surface area (TPSA) is 123 Å². The van der Waals surface area contributed by atoms with Gasteiger partial charge in [0.25, 0.3) is 0 Å². The molecular formula is C20H29N3O6S. The van der Waals surface area contributed by atoms with E-state index in [4.69, 9.17) is 9.47 Å². The van der Waals surface area contributed by atoms with E-state index < -0.39 is 29.6 Å². The van der Waals surface area contributed by atoms with Gasteiger partial charge in [0.1, 0.15) is 24.8 Å². The largest absolute Gasteiger partial charge is 0.460 e. The lowest BCUT2D eigenvalue weighted by molar-refractivity contribution is -0.145. The summed E-state index contributed by atoms with van der Waals surface area (Å²) in [6.07, 6.45) is -0.755. The van der Waals surface area contributed by atoms with Crippen LogP contribution in [0.4, 0.5) is 4.79 Å². The number of carbonyl (C=O) groups excluding carboxylic acids is 4. The zero-order valence-corrected chi connectivity index (χ0v) is 18.5. The number of benzene rings is 1. The Morgan fingerprint density at radius 3 is 2.33 bits per heavy atom. The number of alkyl carbamates (subject to hydrolysis) is 1. The maximum Gasteiger partial charge on any atom is 0.408 e. The first-order valence-electron chi connectivity index (χ1n) is 9.36. The highest BCUT2D eigenvalue weighted by Gasteiger charge is 2.25. The predicted molar refractivity (Wildman–Crippen MR) is 114 cm³/mol. The third-order valence-corrected chi connectivity index (χ3v) is 4.28. The highest BCUT2D eigenvalue weighted by molar-refractivity contribution is 7.99. The molecule has 3 N–H and O–H groups in total. The number of hydrogen-bond donors (Lipinski definition) is 3. The summed E-state index contributed by atoms with van der Waals surface area (Å²) in [5.74, 6) is -0.926. The minimum atomic E-state index is -0.958. The molecule has 0 saturated carbocycles. The fourth-order valence-electron chi connectivity index (χ4n) is 2.03. The maximum absolute atomic E-state index is 12.5. The van der Waals surface area contributed by atoms with Crippen LogP contribution in [0.2, 0.25) is 0 Å². The van der Waals surface area contributed by atoms with Gasteiger partial charge >= 0.3 is 12.1 Å². The van der Waals surface area contributed by atoms with E-state index in [1.807, 2.05) is 30.3 Å². The first kappa shape index (κ1) is 25.3. The van der Waals surface area contributed by atoms with Crippen LogP contribution in [0.15, 0.2) is 30.3 Å². The molecule has 0 spiro atoms. The summed E-state index contributed by atoms with van der Waals surface area (Å²) in [6, 6.07) is 8.19. The van der Waals surface area contributed by atoms with Gasteiger partial charge < -0.3 is 25.4 Å². The summed E-state index contributed by atoms with van der Waals surface area (Å²) in [5.41, 5.74) is 0.103. The van der Waals surface area contributed by atoms with Crippen molar-refractivity contribution >= 4 is 35.6 Å². The molecule has 0 bridgehead atoms. The van der Waals surface area contributed by atoms with Crippen molar-refractivity contribution in [2.45, 2.75) is 45.9 Å². The molecule has 30 heavy (non-hydrogen) atoms. The number of nitrogens with one attached hydrogen (secondary N) is 3. The van der Waals surface area contributed by atoms with Crippen LogP contribution in [0.25, 0.3) is 0 Å². The molecule has 1 rings (SSSR count). The Bertz CT molecular complexity index is 721. The van der Waals surface area contributed by atoms with Crippen molar-refractivity contribution in [3.63, 3.8) is 0 Å². The van der Waals surface area contributed by atoms with Crippen LogP contribution in [0.3, 0.4) is 0 Å². The van der Waals surface area contributed by atoms with Gasteiger partial charge in [0, 0.05) is 12.7 Å². The summed E-state index contributed by atoms with van der Waals surface area (Å²) in [6.45, 7) is 6.25. The van der Waals surface area contributed by atoms with E-state index in [1.165, 1.54) is 18.7 Å². The second kappa shape index (κ2) is 12.7. The zero-order chi connectivity index (χ0) is 22.6. The molecule has 10 heteroatoms. The Labute approximate surface area is 180 Å². The molecule has 1 unspecified atom stereocenters. The third-order valence-electron chi connectivity index (χ3n) is 3.36. The summed E-state index contributed by atoms with van der Waals surface area (Å²) < 4.78 is 10.3. The summed E-state index contributed by atoms with van der Waals surface area (Å²) in [4.78, 5) is 47.3. The van der Waals surface area contributed by atoms with Gasteiger partial charge in [0.05, 0.1) is 5.88 Å². The molecule has 0 aliphatic carbocycles. The SMILES string of the molecule is CC(=O)NCSCC(NC(=O)OC(C)(C)C)C(=O)NCC(=O)OCc1ccccc1. The number of thioether (sulfide) groups is 1. The van der Waals surface area contributed by atoms with Gasteiger partial charge in [-0.05, 0) is 26.3 Å². The van der Waals surface area contributed by atoms with Gasteiger partial charge in [-0.25, -0.2) is 4.79 Å². The molecule has 166 valence electrons. The van der Waals surface area contributed by atoms with Gasteiger partial charge in [-0.1, -0.05) is 30.3 Å². The van der Waals surface area contributed by atoms with Crippen molar-refractivity contribution in [3.8, 4) is 0 Å². The van der Waals surface area contributed by atoms with Crippen LogP contribution >= 0.6 is 11.8 Å². The molecule has 0 radical (unpaired) electrons. The normalized spacial score (nSPS) is 11.7. The molecular weight excluding hydrogens is 410 g/mol. The van der Waals surface area contributed by atoms with Gasteiger partial charge in [0.2, 0.25) is 11.8 Å². The Morgan fingerprint density at radius 2 is 1.73 bits per heavy atom. The minimum Gasteiger partial charge on any atom is -0.460 e. The molecule has 0 aliphatic rings. The van der Waals surface area contributed by atoms with Crippen LogP contribution < -0.4 is 16.0 Å². The predicted octanol–water partition coefficient (Wildman–Crippen LogP) is 1.57. The number of rotatable bonds is 10. The number of esters is 1. The van der Waals surface area contributed by atoms with E-state index in [2.05, 4.69) is 16.0 Å². The second-order valence-corrected chi connectivity index (χ2v) is 8.34. The average Bonchev–Trinajstić information content (AvgIpc) is 2.66. The molecule has 0 aromatic heterocycles. The van der Waals surface area contributed by atoms with Gasteiger partial charge in [-0.2, -0.15) is 0 Å². The Kier molecular flexibility index (Phi) is 10.7. The first-order chi connectivity index (χ1) is 14.1. The van der Waals surface area contributed by atoms with Gasteiger partial charge in [-0.15, -0.1) is 11.8 Å². The molecule has 0 saturated heterocycles. The van der Waals surface area contributed by atoms with E-state index in [9.17, 15) is 19.2 Å². The van der Waals surface area contributed by atoms with Crippen molar-refractivity contribution in [1.82, 2.24) is 16.0 Å². The lowest BCUT2D eigenvalue weighted by Gasteiger charge is -2.23. The maximum atomic E-state index is 12.5. The van der Waals surface area contributed by atoms with Crippen LogP contribution in [0, 0.1) is 0 Å². The standard InChI is InChI=1S/C20H29N3O6S/c1-14(24)22-13-30-12-16(23-19(27)29-20(2,3)4)18(26)21-10-17(25)28-11-15-8-6-5-7-9-15/h5-9,16H,10-13H2,1-4H3,(H,21,26)(H,22,24)(H,23,27). The second-order valence-electron chi connectivity index (χ2n) is 7.31. The number of ether oxygens (including phenoxy) is 2. The number of amides is 3. The van der Waals surface area contributed by atoms with Crippen molar-refractivity contribution < 1.29 is 28.7 Å². The number of hydrogen-bond acceptors (Lipinski definition) is 7. The van der Waals surface area contributed by atoms with Crippen LogP contribution in [0.5, 0.6) is 0 Å². The van der Waals surface area contributed by atoms with Crippen molar-refractivity contribution in [2.75, 3.05) is 18.2 Å². The Hall–Kier alpha value is -2.75. The zero-order valence-electron chi connectivity index (χ0n) is 17.7. The third kappa shape index (κ3) is 11.9. The average molecular weight is 440 g/mol. The van der Waals surface area contributed by atoms with Crippen molar-refractivity contribution in [1.29, 1.82) is 0 Å². The molecule has 1 aromatic rings. The molecule has 0 aliphatic heterocycles. The van der Waals surface area contributed by atoms with Crippen LogP contribution in [-0.2, 0) is 30.5 Å². The molecule has 1 aromatic carbocycles. The van der Waals surface area contributed by atoms with E-state index in [1.54, 1.807) is 20.8 Å². The Balaban J connectivity index is 2.53. The number of carbonyl (C=O) groups is 4. The fraction of sp³-hybridized carbons (Fsp3) is 0.500. The van der Waals surface area contributed by atoms with Crippen molar-refractivity contribution in [3.05, 3.63) is 35.9 Å². The first-order valence-corrected chi connectivity index (χ1v) is 10.5. The molecule has 3 amide bonds. The lowest BCUT2D eigenvalue weighted by atomic mass is 10.2. The minimum absolute atomic E-state index is 0.0989. The summed E-state index contributed by atoms with van der Waals surface area (Å²) in [7, 11) is 0. The lowest BCUT2D eigenvalue weighted by Crippen LogP contribution is -2.50. The fourth-order valence-corrected chi connectivity index (χ4v) is 2.93. The summed E-state index contributed by atoms with van der Waals surface area (Å²) >= 11 is 1.24.